The topological polar surface area (TPSA) is 108 Å². The maximum Gasteiger partial charge on any atom is 0.416 e. The van der Waals surface area contributed by atoms with Crippen molar-refractivity contribution in [1.29, 1.82) is 0 Å². The molecule has 0 radical (unpaired) electrons. The van der Waals surface area contributed by atoms with Gasteiger partial charge >= 0.3 is 6.18 Å². The van der Waals surface area contributed by atoms with Gasteiger partial charge < -0.3 is 9.08 Å². The summed E-state index contributed by atoms with van der Waals surface area (Å²) < 4.78 is 99.2. The third kappa shape index (κ3) is 6.43. The fourth-order valence-corrected chi connectivity index (χ4v) is 5.27. The molecule has 2 aromatic carbocycles. The third-order valence-corrected chi connectivity index (χ3v) is 8.46. The number of rotatable bonds is 7. The van der Waals surface area contributed by atoms with Crippen LogP contribution in [0.3, 0.4) is 0 Å². The van der Waals surface area contributed by atoms with Crippen LogP contribution in [0.2, 0.25) is 0 Å². The molecule has 4 rings (SSSR count). The van der Waals surface area contributed by atoms with E-state index in [4.69, 9.17) is 4.52 Å². The highest BCUT2D eigenvalue weighted by Crippen LogP contribution is 2.38. The summed E-state index contributed by atoms with van der Waals surface area (Å²) in [4.78, 5) is 4.01. The maximum atomic E-state index is 14.8. The van der Waals surface area contributed by atoms with Gasteiger partial charge in [-0.1, -0.05) is 29.4 Å². The largest absolute Gasteiger partial charge is 0.598 e. The Bertz CT molecular complexity index is 1620. The van der Waals surface area contributed by atoms with E-state index in [-0.39, 0.29) is 28.4 Å². The van der Waals surface area contributed by atoms with Crippen LogP contribution >= 0.6 is 0 Å². The highest BCUT2D eigenvalue weighted by molar-refractivity contribution is 7.91. The van der Waals surface area contributed by atoms with E-state index < -0.39 is 49.5 Å². The van der Waals surface area contributed by atoms with Crippen LogP contribution in [0.25, 0.3) is 22.2 Å². The maximum absolute atomic E-state index is 14.8. The zero-order valence-electron chi connectivity index (χ0n) is 21.3. The van der Waals surface area contributed by atoms with Crippen LogP contribution in [0.4, 0.5) is 17.6 Å². The van der Waals surface area contributed by atoms with Crippen molar-refractivity contribution in [2.75, 3.05) is 6.26 Å². The Labute approximate surface area is 225 Å². The molecule has 0 saturated carbocycles. The molecule has 0 saturated heterocycles. The summed E-state index contributed by atoms with van der Waals surface area (Å²) in [6.07, 6.45) is -3.80. The number of fused-ring (bicyclic) bond motifs is 1. The second kappa shape index (κ2) is 10.5. The Morgan fingerprint density at radius 2 is 1.77 bits per heavy atom. The molecule has 0 aliphatic rings. The van der Waals surface area contributed by atoms with Gasteiger partial charge in [0.15, 0.2) is 20.4 Å². The van der Waals surface area contributed by atoms with Crippen LogP contribution in [-0.2, 0) is 33.8 Å². The van der Waals surface area contributed by atoms with Gasteiger partial charge in [0.05, 0.1) is 17.3 Å². The molecule has 1 unspecified atom stereocenters. The second-order valence-corrected chi connectivity index (χ2v) is 13.9. The van der Waals surface area contributed by atoms with E-state index in [2.05, 4.69) is 14.9 Å². The lowest BCUT2D eigenvalue weighted by molar-refractivity contribution is -0.137. The predicted octanol–water partition coefficient (Wildman–Crippen LogP) is 5.79. The summed E-state index contributed by atoms with van der Waals surface area (Å²) >= 11 is -1.65. The van der Waals surface area contributed by atoms with Gasteiger partial charge in [-0.05, 0) is 56.7 Å². The van der Waals surface area contributed by atoms with E-state index >= 15 is 0 Å². The van der Waals surface area contributed by atoms with Gasteiger partial charge in [-0.15, -0.1) is 4.72 Å². The number of hydrogen-bond donors (Lipinski definition) is 1. The molecule has 1 N–H and O–H groups in total. The van der Waals surface area contributed by atoms with E-state index in [1.807, 2.05) is 0 Å². The van der Waals surface area contributed by atoms with Crippen molar-refractivity contribution in [1.82, 2.24) is 14.9 Å². The second-order valence-electron chi connectivity index (χ2n) is 9.93. The number of nitrogens with one attached hydrogen (secondary N) is 1. The van der Waals surface area contributed by atoms with Crippen molar-refractivity contribution in [2.24, 2.45) is 0 Å². The number of sulfone groups is 1. The number of hydrogen-bond acceptors (Lipinski definition) is 7. The van der Waals surface area contributed by atoms with Crippen LogP contribution in [-0.4, -0.2) is 34.1 Å². The van der Waals surface area contributed by atoms with Crippen molar-refractivity contribution in [3.8, 4) is 11.3 Å². The van der Waals surface area contributed by atoms with Crippen molar-refractivity contribution < 1.29 is 35.1 Å². The molecule has 7 nitrogen and oxygen atoms in total. The fourth-order valence-electron chi connectivity index (χ4n) is 3.85. The number of aromatic nitrogens is 2. The quantitative estimate of drug-likeness (QED) is 0.217. The van der Waals surface area contributed by atoms with Crippen LogP contribution in [0.5, 0.6) is 0 Å². The van der Waals surface area contributed by atoms with Crippen molar-refractivity contribution in [3.63, 3.8) is 0 Å². The lowest BCUT2D eigenvalue weighted by Crippen LogP contribution is -2.42. The van der Waals surface area contributed by atoms with Gasteiger partial charge in [-0.25, -0.2) is 17.8 Å². The first kappa shape index (κ1) is 29.0. The minimum Gasteiger partial charge on any atom is -0.598 e. The Hall–Kier alpha value is -3.00. The molecule has 208 valence electrons. The first-order chi connectivity index (χ1) is 18.1. The molecule has 0 amide bonds. The minimum atomic E-state index is -4.57. The molecule has 13 heteroatoms. The summed E-state index contributed by atoms with van der Waals surface area (Å²) in [6, 6.07) is 11.0. The first-order valence-electron chi connectivity index (χ1n) is 11.6. The van der Waals surface area contributed by atoms with Gasteiger partial charge in [0.2, 0.25) is 0 Å². The van der Waals surface area contributed by atoms with Gasteiger partial charge in [0.1, 0.15) is 16.3 Å². The van der Waals surface area contributed by atoms with Gasteiger partial charge in [-0.3, -0.25) is 0 Å². The molecule has 2 atom stereocenters. The highest BCUT2D eigenvalue weighted by Gasteiger charge is 2.34. The van der Waals surface area contributed by atoms with E-state index in [0.717, 1.165) is 30.5 Å². The molecule has 0 bridgehead atoms. The minimum absolute atomic E-state index is 0.0778. The smallest absolute Gasteiger partial charge is 0.416 e. The number of halogens is 4. The summed E-state index contributed by atoms with van der Waals surface area (Å²) in [5, 5.41) is 4.02. The molecule has 4 aromatic rings. The standard InChI is InChI=1S/C26H25F4N3O4S2/c1-25(2,3)38(34)33-20(14-21-19(27)11-12-23(31-21)39(4,35)36)16-7-5-6-8-17(16)24-18-10-9-15(26(28,29)30)13-22(18)37-32-24/h5-13,20,33H,14H2,1-4H3/t20?,38-/m0/s1. The highest BCUT2D eigenvalue weighted by atomic mass is 32.2. The lowest BCUT2D eigenvalue weighted by Gasteiger charge is -2.29. The summed E-state index contributed by atoms with van der Waals surface area (Å²) in [5.74, 6) is -0.750. The summed E-state index contributed by atoms with van der Waals surface area (Å²) in [5.41, 5.74) is 0.0246. The Morgan fingerprint density at radius 3 is 2.41 bits per heavy atom. The first-order valence-corrected chi connectivity index (χ1v) is 14.7. The number of alkyl halides is 3. The van der Waals surface area contributed by atoms with Crippen LogP contribution in [0.15, 0.2) is 64.1 Å². The zero-order chi connectivity index (χ0) is 28.8. The molecule has 0 aliphatic carbocycles. The van der Waals surface area contributed by atoms with Crippen molar-refractivity contribution >= 4 is 32.2 Å². The van der Waals surface area contributed by atoms with E-state index in [1.54, 1.807) is 45.0 Å². The zero-order valence-corrected chi connectivity index (χ0v) is 23.0. The molecule has 2 heterocycles. The third-order valence-electron chi connectivity index (χ3n) is 5.87. The van der Waals surface area contributed by atoms with Crippen molar-refractivity contribution in [3.05, 3.63) is 77.2 Å². The summed E-state index contributed by atoms with van der Waals surface area (Å²) in [6.45, 7) is 5.22. The van der Waals surface area contributed by atoms with E-state index in [9.17, 15) is 30.5 Å². The average molecular weight is 584 g/mol. The molecular weight excluding hydrogens is 558 g/mol. The number of benzene rings is 2. The number of nitrogens with zero attached hydrogens (tertiary/aromatic N) is 2. The van der Waals surface area contributed by atoms with Crippen LogP contribution in [0.1, 0.15) is 43.6 Å². The van der Waals surface area contributed by atoms with E-state index in [1.165, 1.54) is 6.07 Å². The van der Waals surface area contributed by atoms with Crippen LogP contribution in [0, 0.1) is 5.82 Å². The fraction of sp³-hybridized carbons (Fsp3) is 0.308. The van der Waals surface area contributed by atoms with Gasteiger partial charge in [0, 0.05) is 35.0 Å². The lowest BCUT2D eigenvalue weighted by atomic mass is 9.94. The van der Waals surface area contributed by atoms with Gasteiger partial charge in [-0.2, -0.15) is 13.2 Å². The molecular formula is C26H25F4N3O4S2. The van der Waals surface area contributed by atoms with Gasteiger partial charge in [0.25, 0.3) is 0 Å². The Morgan fingerprint density at radius 1 is 1.08 bits per heavy atom. The Balaban J connectivity index is 1.84. The molecule has 39 heavy (non-hydrogen) atoms. The SMILES string of the molecule is CC(C)(C)[S@+]([O-])NC(Cc1nc(S(C)(=O)=O)ccc1F)c1ccccc1-c1noc2cc(C(F)(F)F)ccc12. The van der Waals surface area contributed by atoms with E-state index in [0.29, 0.717) is 16.5 Å². The number of pyridine rings is 1. The molecule has 0 aliphatic heterocycles. The molecule has 0 spiro atoms. The monoisotopic (exact) mass is 583 g/mol. The summed E-state index contributed by atoms with van der Waals surface area (Å²) in [7, 11) is -3.73. The molecule has 2 aromatic heterocycles. The normalized spacial score (nSPS) is 14.5. The average Bonchev–Trinajstić information content (AvgIpc) is 3.26. The van der Waals surface area contributed by atoms with Crippen LogP contribution < -0.4 is 4.72 Å². The molecule has 0 fully saturated rings. The van der Waals surface area contributed by atoms with Crippen molar-refractivity contribution in [2.45, 2.75) is 49.2 Å². The Kier molecular flexibility index (Phi) is 7.83. The predicted molar refractivity (Wildman–Crippen MR) is 139 cm³/mol.